The van der Waals surface area contributed by atoms with E-state index in [-0.39, 0.29) is 6.54 Å². The zero-order valence-corrected chi connectivity index (χ0v) is 10.5. The van der Waals surface area contributed by atoms with Crippen molar-refractivity contribution in [1.29, 1.82) is 0 Å². The van der Waals surface area contributed by atoms with Crippen molar-refractivity contribution in [3.8, 4) is 0 Å². The van der Waals surface area contributed by atoms with Crippen molar-refractivity contribution in [2.75, 3.05) is 13.1 Å². The van der Waals surface area contributed by atoms with E-state index < -0.39 is 18.1 Å². The van der Waals surface area contributed by atoms with E-state index >= 15 is 0 Å². The Hall–Kier alpha value is -1.65. The van der Waals surface area contributed by atoms with Gasteiger partial charge in [0.15, 0.2) is 0 Å². The SMILES string of the molecule is C=CCN(C[C@H](C)O)[C@H](C(=O)O)c1ccccc1. The van der Waals surface area contributed by atoms with E-state index in [1.165, 1.54) is 0 Å². The fraction of sp³-hybridized carbons (Fsp3) is 0.357. The van der Waals surface area contributed by atoms with Gasteiger partial charge in [-0.1, -0.05) is 36.4 Å². The van der Waals surface area contributed by atoms with Gasteiger partial charge in [0.1, 0.15) is 6.04 Å². The number of aliphatic hydroxyl groups excluding tert-OH is 1. The molecule has 1 aromatic rings. The molecule has 0 spiro atoms. The Morgan fingerprint density at radius 2 is 2.06 bits per heavy atom. The molecule has 18 heavy (non-hydrogen) atoms. The maximum Gasteiger partial charge on any atom is 0.325 e. The number of carboxylic acids is 1. The number of carbonyl (C=O) groups is 1. The summed E-state index contributed by atoms with van der Waals surface area (Å²) < 4.78 is 0. The molecule has 2 atom stereocenters. The summed E-state index contributed by atoms with van der Waals surface area (Å²) in [4.78, 5) is 13.1. The van der Waals surface area contributed by atoms with Crippen LogP contribution in [0.5, 0.6) is 0 Å². The highest BCUT2D eigenvalue weighted by Crippen LogP contribution is 2.21. The second-order valence-electron chi connectivity index (χ2n) is 4.24. The molecule has 0 aliphatic carbocycles. The largest absolute Gasteiger partial charge is 0.480 e. The molecule has 98 valence electrons. The first-order valence-electron chi connectivity index (χ1n) is 5.87. The minimum absolute atomic E-state index is 0.290. The third-order valence-corrected chi connectivity index (χ3v) is 2.58. The van der Waals surface area contributed by atoms with E-state index in [0.29, 0.717) is 12.1 Å². The summed E-state index contributed by atoms with van der Waals surface area (Å²) in [5, 5.41) is 18.8. The van der Waals surface area contributed by atoms with Crippen LogP contribution in [0.25, 0.3) is 0 Å². The summed E-state index contributed by atoms with van der Waals surface area (Å²) in [6.45, 7) is 5.97. The molecular formula is C14H19NO3. The van der Waals surface area contributed by atoms with Gasteiger partial charge in [-0.05, 0) is 12.5 Å². The molecule has 0 amide bonds. The van der Waals surface area contributed by atoms with Gasteiger partial charge >= 0.3 is 5.97 Å². The van der Waals surface area contributed by atoms with Crippen LogP contribution in [-0.4, -0.2) is 40.3 Å². The van der Waals surface area contributed by atoms with Crippen LogP contribution in [0.2, 0.25) is 0 Å². The quantitative estimate of drug-likeness (QED) is 0.722. The summed E-state index contributed by atoms with van der Waals surface area (Å²) >= 11 is 0. The molecule has 0 fully saturated rings. The molecule has 0 aliphatic rings. The van der Waals surface area contributed by atoms with Gasteiger partial charge in [-0.2, -0.15) is 0 Å². The molecule has 0 aromatic heterocycles. The number of rotatable bonds is 7. The van der Waals surface area contributed by atoms with Crippen molar-refractivity contribution in [3.05, 3.63) is 48.6 Å². The standard InChI is InChI=1S/C14H19NO3/c1-3-9-15(10-11(2)16)13(14(17)18)12-7-5-4-6-8-12/h3-8,11,13,16H,1,9-10H2,2H3,(H,17,18)/t11-,13-/m0/s1. The molecular weight excluding hydrogens is 230 g/mol. The average molecular weight is 249 g/mol. The lowest BCUT2D eigenvalue weighted by Crippen LogP contribution is -2.38. The zero-order valence-electron chi connectivity index (χ0n) is 10.5. The van der Waals surface area contributed by atoms with Crippen molar-refractivity contribution in [1.82, 2.24) is 4.90 Å². The van der Waals surface area contributed by atoms with Crippen molar-refractivity contribution in [2.24, 2.45) is 0 Å². The van der Waals surface area contributed by atoms with Crippen molar-refractivity contribution in [3.63, 3.8) is 0 Å². The summed E-state index contributed by atoms with van der Waals surface area (Å²) in [5.41, 5.74) is 0.701. The van der Waals surface area contributed by atoms with Crippen LogP contribution in [0.15, 0.2) is 43.0 Å². The number of hydrogen-bond donors (Lipinski definition) is 2. The molecule has 4 heteroatoms. The maximum atomic E-state index is 11.4. The first-order chi connectivity index (χ1) is 8.56. The topological polar surface area (TPSA) is 60.8 Å². The van der Waals surface area contributed by atoms with E-state index in [1.807, 2.05) is 6.07 Å². The summed E-state index contributed by atoms with van der Waals surface area (Å²) in [6, 6.07) is 8.24. The van der Waals surface area contributed by atoms with Crippen molar-refractivity contribution in [2.45, 2.75) is 19.1 Å². The smallest absolute Gasteiger partial charge is 0.325 e. The zero-order chi connectivity index (χ0) is 13.5. The number of aliphatic carboxylic acids is 1. The lowest BCUT2D eigenvalue weighted by Gasteiger charge is -2.29. The minimum atomic E-state index is -0.927. The summed E-state index contributed by atoms with van der Waals surface area (Å²) in [5.74, 6) is -0.927. The number of aliphatic hydroxyl groups is 1. The molecule has 1 rings (SSSR count). The van der Waals surface area contributed by atoms with E-state index in [9.17, 15) is 15.0 Å². The van der Waals surface area contributed by atoms with Gasteiger partial charge in [-0.3, -0.25) is 9.69 Å². The monoisotopic (exact) mass is 249 g/mol. The fourth-order valence-corrected chi connectivity index (χ4v) is 1.94. The predicted molar refractivity (Wildman–Crippen MR) is 70.3 cm³/mol. The molecule has 4 nitrogen and oxygen atoms in total. The maximum absolute atomic E-state index is 11.4. The van der Waals surface area contributed by atoms with Gasteiger partial charge in [-0.25, -0.2) is 0 Å². The van der Waals surface area contributed by atoms with Gasteiger partial charge in [0, 0.05) is 13.1 Å². The molecule has 0 heterocycles. The lowest BCUT2D eigenvalue weighted by atomic mass is 10.0. The second-order valence-corrected chi connectivity index (χ2v) is 4.24. The first kappa shape index (κ1) is 14.4. The molecule has 0 radical (unpaired) electrons. The first-order valence-corrected chi connectivity index (χ1v) is 5.87. The van der Waals surface area contributed by atoms with Crippen LogP contribution >= 0.6 is 0 Å². The Morgan fingerprint density at radius 1 is 1.44 bits per heavy atom. The van der Waals surface area contributed by atoms with Crippen LogP contribution in [0.1, 0.15) is 18.5 Å². The highest BCUT2D eigenvalue weighted by atomic mass is 16.4. The molecule has 2 N–H and O–H groups in total. The highest BCUT2D eigenvalue weighted by Gasteiger charge is 2.27. The van der Waals surface area contributed by atoms with Crippen LogP contribution in [0.3, 0.4) is 0 Å². The highest BCUT2D eigenvalue weighted by molar-refractivity contribution is 5.75. The van der Waals surface area contributed by atoms with Gasteiger partial charge in [0.25, 0.3) is 0 Å². The van der Waals surface area contributed by atoms with Crippen molar-refractivity contribution >= 4 is 5.97 Å². The molecule has 0 bridgehead atoms. The van der Waals surface area contributed by atoms with E-state index in [0.717, 1.165) is 0 Å². The minimum Gasteiger partial charge on any atom is -0.480 e. The Labute approximate surface area is 107 Å². The molecule has 0 saturated carbocycles. The Morgan fingerprint density at radius 3 is 2.50 bits per heavy atom. The number of carboxylic acid groups (broad SMARTS) is 1. The third kappa shape index (κ3) is 3.98. The van der Waals surface area contributed by atoms with Crippen LogP contribution in [-0.2, 0) is 4.79 Å². The normalized spacial score (nSPS) is 14.2. The average Bonchev–Trinajstić information content (AvgIpc) is 2.29. The Bertz CT molecular complexity index is 389. The molecule has 0 unspecified atom stereocenters. The predicted octanol–water partition coefficient (Wildman–Crippen LogP) is 1.68. The van der Waals surface area contributed by atoms with E-state index in [1.54, 1.807) is 42.2 Å². The fourth-order valence-electron chi connectivity index (χ4n) is 1.94. The number of nitrogens with zero attached hydrogens (tertiary/aromatic N) is 1. The molecule has 1 aromatic carbocycles. The summed E-state index contributed by atoms with van der Waals surface area (Å²) in [6.07, 6.45) is 1.05. The van der Waals surface area contributed by atoms with Gasteiger partial charge < -0.3 is 10.2 Å². The summed E-state index contributed by atoms with van der Waals surface area (Å²) in [7, 11) is 0. The van der Waals surface area contributed by atoms with Gasteiger partial charge in [-0.15, -0.1) is 6.58 Å². The molecule has 0 saturated heterocycles. The Kier molecular flexibility index (Phi) is 5.55. The Balaban J connectivity index is 3.00. The number of benzene rings is 1. The van der Waals surface area contributed by atoms with Crippen molar-refractivity contribution < 1.29 is 15.0 Å². The molecule has 0 aliphatic heterocycles. The number of hydrogen-bond acceptors (Lipinski definition) is 3. The van der Waals surface area contributed by atoms with Crippen LogP contribution < -0.4 is 0 Å². The van der Waals surface area contributed by atoms with Gasteiger partial charge in [0.05, 0.1) is 6.10 Å². The van der Waals surface area contributed by atoms with Gasteiger partial charge in [0.2, 0.25) is 0 Å². The lowest BCUT2D eigenvalue weighted by molar-refractivity contribution is -0.143. The third-order valence-electron chi connectivity index (χ3n) is 2.58. The van der Waals surface area contributed by atoms with Crippen LogP contribution in [0, 0.1) is 0 Å². The van der Waals surface area contributed by atoms with E-state index in [2.05, 4.69) is 6.58 Å². The van der Waals surface area contributed by atoms with E-state index in [4.69, 9.17) is 0 Å². The second kappa shape index (κ2) is 6.93. The van der Waals surface area contributed by atoms with Crippen LogP contribution in [0.4, 0.5) is 0 Å².